The number of benzene rings is 1. The first-order valence-electron chi connectivity index (χ1n) is 8.32. The Bertz CT molecular complexity index is 922. The van der Waals surface area contributed by atoms with E-state index in [1.807, 2.05) is 6.92 Å². The first kappa shape index (κ1) is 21.1. The van der Waals surface area contributed by atoms with Gasteiger partial charge in [-0.25, -0.2) is 0 Å². The fourth-order valence-corrected chi connectivity index (χ4v) is 2.73. The molecule has 1 aromatic heterocycles. The molecular formula is C20H20ClF3N2O. The van der Waals surface area contributed by atoms with Crippen LogP contribution in [0.1, 0.15) is 23.4 Å². The molecule has 0 saturated heterocycles. The summed E-state index contributed by atoms with van der Waals surface area (Å²) < 4.78 is 36.6. The molecule has 1 aromatic carbocycles. The van der Waals surface area contributed by atoms with Gasteiger partial charge in [-0.2, -0.15) is 13.2 Å². The van der Waals surface area contributed by atoms with Crippen molar-refractivity contribution in [3.05, 3.63) is 56.5 Å². The number of aromatic nitrogens is 1. The van der Waals surface area contributed by atoms with E-state index in [0.29, 0.717) is 11.3 Å². The summed E-state index contributed by atoms with van der Waals surface area (Å²) in [6.07, 6.45) is -5.01. The zero-order valence-electron chi connectivity index (χ0n) is 15.3. The van der Waals surface area contributed by atoms with E-state index in [1.54, 1.807) is 38.2 Å². The van der Waals surface area contributed by atoms with Gasteiger partial charge in [0, 0.05) is 29.1 Å². The number of hydrogen-bond donors (Lipinski definition) is 1. The number of hydrogen-bond acceptors (Lipinski definition) is 2. The topological polar surface area (TPSA) is 36.1 Å². The van der Waals surface area contributed by atoms with Crippen molar-refractivity contribution in [3.8, 4) is 23.0 Å². The third kappa shape index (κ3) is 5.88. The van der Waals surface area contributed by atoms with Crippen LogP contribution in [-0.2, 0) is 0 Å². The van der Waals surface area contributed by atoms with Crippen LogP contribution in [0.25, 0.3) is 11.1 Å². The van der Waals surface area contributed by atoms with Crippen LogP contribution >= 0.6 is 11.6 Å². The summed E-state index contributed by atoms with van der Waals surface area (Å²) in [4.78, 5) is 17.0. The lowest BCUT2D eigenvalue weighted by atomic mass is 10.0. The number of H-pyrrole nitrogens is 1. The van der Waals surface area contributed by atoms with Crippen LogP contribution in [0.4, 0.5) is 13.2 Å². The van der Waals surface area contributed by atoms with Crippen LogP contribution in [0.3, 0.4) is 0 Å². The summed E-state index contributed by atoms with van der Waals surface area (Å²) >= 11 is 6.05. The van der Waals surface area contributed by atoms with Gasteiger partial charge in [0.1, 0.15) is 5.02 Å². The van der Waals surface area contributed by atoms with Crippen molar-refractivity contribution in [2.24, 2.45) is 0 Å². The SMILES string of the molecule is Cc1[nH]c(C)c(-c2ccc(C#CCN(C)CCC(F)(F)F)cc2)c(=O)c1Cl. The van der Waals surface area contributed by atoms with Crippen molar-refractivity contribution >= 4 is 11.6 Å². The van der Waals surface area contributed by atoms with Crippen molar-refractivity contribution in [3.63, 3.8) is 0 Å². The fraction of sp³-hybridized carbons (Fsp3) is 0.350. The van der Waals surface area contributed by atoms with Gasteiger partial charge in [0.05, 0.1) is 13.0 Å². The van der Waals surface area contributed by atoms with Crippen LogP contribution in [0.15, 0.2) is 29.1 Å². The average Bonchev–Trinajstić information content (AvgIpc) is 2.59. The maximum Gasteiger partial charge on any atom is 0.390 e. The van der Waals surface area contributed by atoms with Crippen molar-refractivity contribution in [1.82, 2.24) is 9.88 Å². The molecule has 0 saturated carbocycles. The van der Waals surface area contributed by atoms with E-state index < -0.39 is 12.6 Å². The molecule has 144 valence electrons. The highest BCUT2D eigenvalue weighted by molar-refractivity contribution is 6.31. The van der Waals surface area contributed by atoms with Crippen molar-refractivity contribution in [1.29, 1.82) is 0 Å². The van der Waals surface area contributed by atoms with Gasteiger partial charge in [-0.3, -0.25) is 9.69 Å². The molecule has 0 aliphatic rings. The average molecular weight is 397 g/mol. The van der Waals surface area contributed by atoms with Gasteiger partial charge in [0.15, 0.2) is 0 Å². The van der Waals surface area contributed by atoms with Crippen LogP contribution < -0.4 is 5.43 Å². The lowest BCUT2D eigenvalue weighted by Crippen LogP contribution is -2.24. The highest BCUT2D eigenvalue weighted by Gasteiger charge is 2.26. The predicted octanol–water partition coefficient (Wildman–Crippen LogP) is 4.55. The molecule has 0 bridgehead atoms. The zero-order valence-corrected chi connectivity index (χ0v) is 16.1. The van der Waals surface area contributed by atoms with Crippen molar-refractivity contribution in [2.45, 2.75) is 26.4 Å². The second-order valence-electron chi connectivity index (χ2n) is 6.38. The third-order valence-corrected chi connectivity index (χ3v) is 4.49. The molecule has 7 heteroatoms. The number of aryl methyl sites for hydroxylation is 2. The van der Waals surface area contributed by atoms with Gasteiger partial charge in [0.25, 0.3) is 0 Å². The number of aromatic amines is 1. The smallest absolute Gasteiger partial charge is 0.361 e. The number of pyridine rings is 1. The quantitative estimate of drug-likeness (QED) is 0.770. The molecule has 0 amide bonds. The fourth-order valence-electron chi connectivity index (χ4n) is 2.59. The van der Waals surface area contributed by atoms with Crippen molar-refractivity contribution in [2.75, 3.05) is 20.1 Å². The maximum atomic E-state index is 12.4. The van der Waals surface area contributed by atoms with E-state index in [2.05, 4.69) is 16.8 Å². The summed E-state index contributed by atoms with van der Waals surface area (Å²) in [6, 6.07) is 7.09. The van der Waals surface area contributed by atoms with E-state index in [-0.39, 0.29) is 23.5 Å². The predicted molar refractivity (Wildman–Crippen MR) is 102 cm³/mol. The lowest BCUT2D eigenvalue weighted by molar-refractivity contribution is -0.137. The van der Waals surface area contributed by atoms with Gasteiger partial charge in [-0.05, 0) is 38.6 Å². The summed E-state index contributed by atoms with van der Waals surface area (Å²) in [6.45, 7) is 3.70. The molecule has 0 radical (unpaired) electrons. The lowest BCUT2D eigenvalue weighted by Gasteiger charge is -2.14. The molecule has 1 heterocycles. The largest absolute Gasteiger partial charge is 0.390 e. The van der Waals surface area contributed by atoms with Gasteiger partial charge in [0.2, 0.25) is 5.43 Å². The number of nitrogens with zero attached hydrogens (tertiary/aromatic N) is 1. The summed E-state index contributed by atoms with van der Waals surface area (Å²) in [5.74, 6) is 5.77. The third-order valence-electron chi connectivity index (χ3n) is 4.04. The Hall–Kier alpha value is -2.23. The van der Waals surface area contributed by atoms with E-state index >= 15 is 0 Å². The Morgan fingerprint density at radius 1 is 1.15 bits per heavy atom. The summed E-state index contributed by atoms with van der Waals surface area (Å²) in [5.41, 5.74) is 3.08. The molecule has 2 aromatic rings. The zero-order chi connectivity index (χ0) is 20.2. The normalized spacial score (nSPS) is 11.4. The highest BCUT2D eigenvalue weighted by atomic mass is 35.5. The Morgan fingerprint density at radius 3 is 2.37 bits per heavy atom. The minimum Gasteiger partial charge on any atom is -0.361 e. The minimum atomic E-state index is -4.16. The molecular weight excluding hydrogens is 377 g/mol. The standard InChI is InChI=1S/C20H20ClF3N2O/c1-13-17(19(27)18(21)14(2)25-13)16-8-6-15(7-9-16)5-4-11-26(3)12-10-20(22,23)24/h6-9H,10-12H2,1-3H3,(H,25,27). The minimum absolute atomic E-state index is 0.0899. The number of halogens is 4. The molecule has 1 N–H and O–H groups in total. The molecule has 27 heavy (non-hydrogen) atoms. The molecule has 0 aliphatic carbocycles. The second-order valence-corrected chi connectivity index (χ2v) is 6.75. The highest BCUT2D eigenvalue weighted by Crippen LogP contribution is 2.22. The monoisotopic (exact) mass is 396 g/mol. The van der Waals surface area contributed by atoms with Crippen LogP contribution in [0, 0.1) is 25.7 Å². The summed E-state index contributed by atoms with van der Waals surface area (Å²) in [5, 5.41) is 0.168. The molecule has 0 spiro atoms. The Balaban J connectivity index is 2.10. The Labute approximate surface area is 161 Å². The van der Waals surface area contributed by atoms with Crippen molar-refractivity contribution < 1.29 is 13.2 Å². The molecule has 2 rings (SSSR count). The Kier molecular flexibility index (Phi) is 6.74. The van der Waals surface area contributed by atoms with Gasteiger partial charge < -0.3 is 4.98 Å². The van der Waals surface area contributed by atoms with Gasteiger partial charge in [-0.15, -0.1) is 0 Å². The second kappa shape index (κ2) is 8.64. The molecule has 3 nitrogen and oxygen atoms in total. The molecule has 0 atom stereocenters. The van der Waals surface area contributed by atoms with E-state index in [4.69, 9.17) is 11.6 Å². The van der Waals surface area contributed by atoms with E-state index in [1.165, 1.54) is 4.90 Å². The van der Waals surface area contributed by atoms with E-state index in [9.17, 15) is 18.0 Å². The van der Waals surface area contributed by atoms with E-state index in [0.717, 1.165) is 16.8 Å². The number of alkyl halides is 3. The molecule has 0 fully saturated rings. The Morgan fingerprint density at radius 2 is 1.78 bits per heavy atom. The maximum absolute atomic E-state index is 12.4. The number of nitrogens with one attached hydrogen (secondary N) is 1. The first-order chi connectivity index (χ1) is 12.6. The van der Waals surface area contributed by atoms with Crippen LogP contribution in [-0.4, -0.2) is 36.2 Å². The van der Waals surface area contributed by atoms with Crippen LogP contribution in [0.2, 0.25) is 5.02 Å². The van der Waals surface area contributed by atoms with Crippen LogP contribution in [0.5, 0.6) is 0 Å². The van der Waals surface area contributed by atoms with Gasteiger partial charge in [-0.1, -0.05) is 35.6 Å². The molecule has 0 unspecified atom stereocenters. The van der Waals surface area contributed by atoms with Gasteiger partial charge >= 0.3 is 6.18 Å². The first-order valence-corrected chi connectivity index (χ1v) is 8.70. The summed E-state index contributed by atoms with van der Waals surface area (Å²) in [7, 11) is 1.60. The molecule has 0 aliphatic heterocycles. The number of rotatable bonds is 4.